The molecule has 4 heteroatoms. The fraction of sp³-hybridized carbons (Fsp3) is 0.765. The maximum absolute atomic E-state index is 12.9. The van der Waals surface area contributed by atoms with Gasteiger partial charge in [0.25, 0.3) is 0 Å². The highest BCUT2D eigenvalue weighted by Crippen LogP contribution is 2.60. The number of nitrogens with zero attached hydrogens (tertiary/aromatic N) is 1. The zero-order valence-electron chi connectivity index (χ0n) is 13.7. The van der Waals surface area contributed by atoms with E-state index < -0.39 is 5.91 Å². The standard InChI is InChI=1S/C17H28N2O2/c1-11(2)9-13-15(17(13,3)4)16(21)19(10-14(18)20)12-7-5-6-8-12/h9,12-13,15H,5-8,10H2,1-4H3,(H2,18,20)/t13-,15-/m1/s1. The molecule has 0 aromatic carbocycles. The Morgan fingerprint density at radius 2 is 1.81 bits per heavy atom. The molecule has 0 heterocycles. The predicted octanol–water partition coefficient (Wildman–Crippen LogP) is 2.48. The van der Waals surface area contributed by atoms with Crippen LogP contribution in [0.2, 0.25) is 0 Å². The summed E-state index contributed by atoms with van der Waals surface area (Å²) in [7, 11) is 0. The third-order valence-electron chi connectivity index (χ3n) is 5.06. The van der Waals surface area contributed by atoms with E-state index in [0.29, 0.717) is 0 Å². The van der Waals surface area contributed by atoms with E-state index in [1.165, 1.54) is 5.57 Å². The van der Waals surface area contributed by atoms with Crippen molar-refractivity contribution in [3.63, 3.8) is 0 Å². The number of carbonyl (C=O) groups excluding carboxylic acids is 2. The second-order valence-electron chi connectivity index (χ2n) is 7.44. The Bertz CT molecular complexity index is 457. The highest BCUT2D eigenvalue weighted by Gasteiger charge is 2.61. The fourth-order valence-electron chi connectivity index (χ4n) is 3.77. The molecule has 2 rings (SSSR count). The van der Waals surface area contributed by atoms with Crippen LogP contribution in [-0.2, 0) is 9.59 Å². The van der Waals surface area contributed by atoms with E-state index in [-0.39, 0.29) is 35.7 Å². The molecule has 0 aromatic heterocycles. The number of allylic oxidation sites excluding steroid dienone is 2. The van der Waals surface area contributed by atoms with Crippen LogP contribution in [0.1, 0.15) is 53.4 Å². The number of primary amides is 1. The number of carbonyl (C=O) groups is 2. The monoisotopic (exact) mass is 292 g/mol. The summed E-state index contributed by atoms with van der Waals surface area (Å²) in [4.78, 5) is 26.0. The average molecular weight is 292 g/mol. The van der Waals surface area contributed by atoms with Crippen LogP contribution in [0.4, 0.5) is 0 Å². The van der Waals surface area contributed by atoms with Crippen molar-refractivity contribution in [3.05, 3.63) is 11.6 Å². The van der Waals surface area contributed by atoms with Crippen LogP contribution < -0.4 is 5.73 Å². The van der Waals surface area contributed by atoms with Crippen LogP contribution >= 0.6 is 0 Å². The van der Waals surface area contributed by atoms with E-state index >= 15 is 0 Å². The summed E-state index contributed by atoms with van der Waals surface area (Å²) in [5, 5.41) is 0. The van der Waals surface area contributed by atoms with Gasteiger partial charge in [0.15, 0.2) is 0 Å². The first kappa shape index (κ1) is 16.1. The minimum atomic E-state index is -0.410. The Labute approximate surface area is 127 Å². The maximum Gasteiger partial charge on any atom is 0.237 e. The summed E-state index contributed by atoms with van der Waals surface area (Å²) in [5.74, 6) is -0.0141. The maximum atomic E-state index is 12.9. The third-order valence-corrected chi connectivity index (χ3v) is 5.06. The SMILES string of the molecule is CC(C)=C[C@@H]1[C@H](C(=O)N(CC(N)=O)C2CCCC2)C1(C)C. The molecule has 2 N–H and O–H groups in total. The lowest BCUT2D eigenvalue weighted by atomic mass is 10.1. The molecular formula is C17H28N2O2. The number of hydrogen-bond donors (Lipinski definition) is 1. The minimum Gasteiger partial charge on any atom is -0.368 e. The van der Waals surface area contributed by atoms with Crippen LogP contribution in [-0.4, -0.2) is 29.3 Å². The highest BCUT2D eigenvalue weighted by atomic mass is 16.2. The molecule has 0 spiro atoms. The molecule has 2 fully saturated rings. The van der Waals surface area contributed by atoms with Crippen molar-refractivity contribution in [2.75, 3.05) is 6.54 Å². The molecule has 0 radical (unpaired) electrons. The van der Waals surface area contributed by atoms with Gasteiger partial charge in [0.2, 0.25) is 11.8 Å². The zero-order chi connectivity index (χ0) is 15.8. The summed E-state index contributed by atoms with van der Waals surface area (Å²) < 4.78 is 0. The van der Waals surface area contributed by atoms with E-state index in [9.17, 15) is 9.59 Å². The Morgan fingerprint density at radius 1 is 1.24 bits per heavy atom. The Morgan fingerprint density at radius 3 is 2.29 bits per heavy atom. The molecule has 0 bridgehead atoms. The number of rotatable bonds is 5. The van der Waals surface area contributed by atoms with E-state index in [0.717, 1.165) is 25.7 Å². The summed E-state index contributed by atoms with van der Waals surface area (Å²) in [6.45, 7) is 8.47. The highest BCUT2D eigenvalue weighted by molar-refractivity contribution is 5.88. The van der Waals surface area contributed by atoms with Gasteiger partial charge >= 0.3 is 0 Å². The molecule has 21 heavy (non-hydrogen) atoms. The molecule has 118 valence electrons. The van der Waals surface area contributed by atoms with Crippen LogP contribution in [0.25, 0.3) is 0 Å². The molecule has 2 saturated carbocycles. The number of hydrogen-bond acceptors (Lipinski definition) is 2. The van der Waals surface area contributed by atoms with Crippen LogP contribution in [0.15, 0.2) is 11.6 Å². The van der Waals surface area contributed by atoms with Gasteiger partial charge in [-0.05, 0) is 38.0 Å². The van der Waals surface area contributed by atoms with Gasteiger partial charge in [-0.2, -0.15) is 0 Å². The molecular weight excluding hydrogens is 264 g/mol. The lowest BCUT2D eigenvalue weighted by molar-refractivity contribution is -0.139. The van der Waals surface area contributed by atoms with Gasteiger partial charge in [0, 0.05) is 6.04 Å². The smallest absolute Gasteiger partial charge is 0.237 e. The quantitative estimate of drug-likeness (QED) is 0.791. The molecule has 2 aliphatic carbocycles. The zero-order valence-corrected chi connectivity index (χ0v) is 13.7. The van der Waals surface area contributed by atoms with Gasteiger partial charge in [-0.25, -0.2) is 0 Å². The Kier molecular flexibility index (Phi) is 4.45. The van der Waals surface area contributed by atoms with Gasteiger partial charge in [-0.3, -0.25) is 9.59 Å². The van der Waals surface area contributed by atoms with Gasteiger partial charge < -0.3 is 10.6 Å². The summed E-state index contributed by atoms with van der Waals surface area (Å²) in [6.07, 6.45) is 6.47. The summed E-state index contributed by atoms with van der Waals surface area (Å²) in [6, 6.07) is 0.203. The van der Waals surface area contributed by atoms with Crippen molar-refractivity contribution < 1.29 is 9.59 Å². The van der Waals surface area contributed by atoms with E-state index in [1.54, 1.807) is 4.90 Å². The molecule has 0 saturated heterocycles. The largest absolute Gasteiger partial charge is 0.368 e. The van der Waals surface area contributed by atoms with E-state index in [2.05, 4.69) is 33.8 Å². The molecule has 2 aliphatic rings. The van der Waals surface area contributed by atoms with Gasteiger partial charge in [0.05, 0.1) is 12.5 Å². The fourth-order valence-corrected chi connectivity index (χ4v) is 3.77. The second-order valence-corrected chi connectivity index (χ2v) is 7.44. The van der Waals surface area contributed by atoms with Gasteiger partial charge in [-0.1, -0.05) is 38.3 Å². The van der Waals surface area contributed by atoms with Crippen molar-refractivity contribution in [1.29, 1.82) is 0 Å². The van der Waals surface area contributed by atoms with Crippen LogP contribution in [0.5, 0.6) is 0 Å². The van der Waals surface area contributed by atoms with Crippen molar-refractivity contribution in [2.45, 2.75) is 59.4 Å². The molecule has 0 aromatic rings. The van der Waals surface area contributed by atoms with Gasteiger partial charge in [0.1, 0.15) is 0 Å². The lowest BCUT2D eigenvalue weighted by Gasteiger charge is -2.28. The van der Waals surface area contributed by atoms with Crippen LogP contribution in [0, 0.1) is 17.3 Å². The second kappa shape index (κ2) is 5.82. The molecule has 2 amide bonds. The topological polar surface area (TPSA) is 63.4 Å². The third kappa shape index (κ3) is 3.30. The number of amides is 2. The first-order valence-electron chi connectivity index (χ1n) is 7.99. The first-order valence-corrected chi connectivity index (χ1v) is 7.99. The Balaban J connectivity index is 2.15. The first-order chi connectivity index (χ1) is 9.75. The molecule has 2 atom stereocenters. The van der Waals surface area contributed by atoms with Crippen molar-refractivity contribution in [3.8, 4) is 0 Å². The Hall–Kier alpha value is -1.32. The van der Waals surface area contributed by atoms with Crippen LogP contribution in [0.3, 0.4) is 0 Å². The lowest BCUT2D eigenvalue weighted by Crippen LogP contribution is -2.45. The van der Waals surface area contributed by atoms with Crippen molar-refractivity contribution in [1.82, 2.24) is 4.90 Å². The predicted molar refractivity (Wildman–Crippen MR) is 83.4 cm³/mol. The molecule has 0 unspecified atom stereocenters. The van der Waals surface area contributed by atoms with Crippen molar-refractivity contribution in [2.24, 2.45) is 23.0 Å². The molecule has 4 nitrogen and oxygen atoms in total. The summed E-state index contributed by atoms with van der Waals surface area (Å²) >= 11 is 0. The summed E-state index contributed by atoms with van der Waals surface area (Å²) in [5.41, 5.74) is 6.59. The van der Waals surface area contributed by atoms with Crippen molar-refractivity contribution >= 4 is 11.8 Å². The number of nitrogens with two attached hydrogens (primary N) is 1. The minimum absolute atomic E-state index is 0.00708. The average Bonchev–Trinajstić information content (AvgIpc) is 2.79. The van der Waals surface area contributed by atoms with Gasteiger partial charge in [-0.15, -0.1) is 0 Å². The van der Waals surface area contributed by atoms with E-state index in [4.69, 9.17) is 5.73 Å². The molecule has 0 aliphatic heterocycles. The normalized spacial score (nSPS) is 27.2. The van der Waals surface area contributed by atoms with E-state index in [1.807, 2.05) is 0 Å².